The summed E-state index contributed by atoms with van der Waals surface area (Å²) >= 11 is 3.38. The molecule has 0 saturated heterocycles. The number of hydrogen-bond donors (Lipinski definition) is 2. The Labute approximate surface area is 137 Å². The number of anilines is 1. The summed E-state index contributed by atoms with van der Waals surface area (Å²) in [6.07, 6.45) is -0.878. The molecular weight excluding hydrogens is 350 g/mol. The average molecular weight is 368 g/mol. The summed E-state index contributed by atoms with van der Waals surface area (Å²) in [5.74, 6) is 1.68. The van der Waals surface area contributed by atoms with Gasteiger partial charge in [0.15, 0.2) is 0 Å². The van der Waals surface area contributed by atoms with Gasteiger partial charge in [0, 0.05) is 5.56 Å². The Balaban J connectivity index is 2.18. The number of ether oxygens (including phenoxy) is 3. The van der Waals surface area contributed by atoms with Crippen LogP contribution in [0.5, 0.6) is 17.2 Å². The van der Waals surface area contributed by atoms with Gasteiger partial charge in [0.1, 0.15) is 30.0 Å². The van der Waals surface area contributed by atoms with Crippen LogP contribution < -0.4 is 19.9 Å². The summed E-state index contributed by atoms with van der Waals surface area (Å²) in [7, 11) is 3.10. The van der Waals surface area contributed by atoms with E-state index in [2.05, 4.69) is 15.9 Å². The summed E-state index contributed by atoms with van der Waals surface area (Å²) in [6, 6.07) is 10.6. The second-order valence-electron chi connectivity index (χ2n) is 4.59. The number of rotatable bonds is 6. The standard InChI is InChI=1S/C16H18BrNO4/c1-20-15-8-11(17)16(21-2)7-10(15)13(19)9-22-14-6-4-3-5-12(14)18/h3-8,13,19H,9,18H2,1-2H3. The molecule has 118 valence electrons. The van der Waals surface area contributed by atoms with Crippen LogP contribution in [0.25, 0.3) is 0 Å². The zero-order valence-electron chi connectivity index (χ0n) is 12.4. The highest BCUT2D eigenvalue weighted by Crippen LogP contribution is 2.36. The molecule has 0 bridgehead atoms. The van der Waals surface area contributed by atoms with E-state index in [1.165, 1.54) is 0 Å². The smallest absolute Gasteiger partial charge is 0.142 e. The van der Waals surface area contributed by atoms with Gasteiger partial charge >= 0.3 is 0 Å². The highest BCUT2D eigenvalue weighted by Gasteiger charge is 2.18. The van der Waals surface area contributed by atoms with Gasteiger partial charge in [-0.1, -0.05) is 12.1 Å². The van der Waals surface area contributed by atoms with Gasteiger partial charge < -0.3 is 25.1 Å². The lowest BCUT2D eigenvalue weighted by Gasteiger charge is -2.18. The molecule has 2 aromatic rings. The molecule has 0 saturated carbocycles. The fourth-order valence-corrected chi connectivity index (χ4v) is 2.50. The number of halogens is 1. The van der Waals surface area contributed by atoms with Gasteiger partial charge in [0.05, 0.1) is 24.4 Å². The van der Waals surface area contributed by atoms with Crippen molar-refractivity contribution in [1.29, 1.82) is 0 Å². The van der Waals surface area contributed by atoms with Crippen LogP contribution in [-0.4, -0.2) is 25.9 Å². The largest absolute Gasteiger partial charge is 0.496 e. The first-order valence-electron chi connectivity index (χ1n) is 6.63. The molecule has 1 unspecified atom stereocenters. The lowest BCUT2D eigenvalue weighted by Crippen LogP contribution is -2.12. The van der Waals surface area contributed by atoms with Crippen molar-refractivity contribution in [2.24, 2.45) is 0 Å². The van der Waals surface area contributed by atoms with Gasteiger partial charge in [-0.2, -0.15) is 0 Å². The van der Waals surface area contributed by atoms with E-state index in [9.17, 15) is 5.11 Å². The summed E-state index contributed by atoms with van der Waals surface area (Å²) < 4.78 is 16.9. The molecule has 1 atom stereocenters. The minimum Gasteiger partial charge on any atom is -0.496 e. The van der Waals surface area contributed by atoms with Crippen molar-refractivity contribution in [3.8, 4) is 17.2 Å². The van der Waals surface area contributed by atoms with Crippen molar-refractivity contribution < 1.29 is 19.3 Å². The maximum atomic E-state index is 10.4. The molecule has 22 heavy (non-hydrogen) atoms. The number of nitrogen functional groups attached to an aromatic ring is 1. The zero-order chi connectivity index (χ0) is 16.1. The predicted octanol–water partition coefficient (Wildman–Crippen LogP) is 3.16. The van der Waals surface area contributed by atoms with Crippen LogP contribution in [0.1, 0.15) is 11.7 Å². The Morgan fingerprint density at radius 2 is 1.77 bits per heavy atom. The molecule has 0 aliphatic carbocycles. The third kappa shape index (κ3) is 3.64. The lowest BCUT2D eigenvalue weighted by atomic mass is 10.1. The Morgan fingerprint density at radius 1 is 1.09 bits per heavy atom. The van der Waals surface area contributed by atoms with Crippen LogP contribution in [0, 0.1) is 0 Å². The second kappa shape index (κ2) is 7.38. The quantitative estimate of drug-likeness (QED) is 0.767. The molecule has 0 aromatic heterocycles. The molecule has 3 N–H and O–H groups in total. The molecule has 0 aliphatic heterocycles. The van der Waals surface area contributed by atoms with Crippen molar-refractivity contribution >= 4 is 21.6 Å². The summed E-state index contributed by atoms with van der Waals surface area (Å²) in [5.41, 5.74) is 6.91. The minimum absolute atomic E-state index is 0.0510. The third-order valence-electron chi connectivity index (χ3n) is 3.18. The number of hydrogen-bond acceptors (Lipinski definition) is 5. The van der Waals surface area contributed by atoms with Crippen molar-refractivity contribution in [3.63, 3.8) is 0 Å². The van der Waals surface area contributed by atoms with E-state index in [0.717, 1.165) is 4.47 Å². The number of methoxy groups -OCH3 is 2. The van der Waals surface area contributed by atoms with Crippen LogP contribution >= 0.6 is 15.9 Å². The SMILES string of the molecule is COc1cc(C(O)COc2ccccc2N)c(OC)cc1Br. The third-order valence-corrected chi connectivity index (χ3v) is 3.80. The van der Waals surface area contributed by atoms with E-state index in [1.54, 1.807) is 38.5 Å². The van der Waals surface area contributed by atoms with Crippen LogP contribution in [0.4, 0.5) is 5.69 Å². The number of benzene rings is 2. The Hall–Kier alpha value is -1.92. The number of nitrogens with two attached hydrogens (primary N) is 1. The van der Waals surface area contributed by atoms with E-state index in [4.69, 9.17) is 19.9 Å². The van der Waals surface area contributed by atoms with Crippen molar-refractivity contribution in [2.75, 3.05) is 26.6 Å². The molecule has 0 amide bonds. The highest BCUT2D eigenvalue weighted by molar-refractivity contribution is 9.10. The molecule has 2 aromatic carbocycles. The fraction of sp³-hybridized carbons (Fsp3) is 0.250. The average Bonchev–Trinajstić information content (AvgIpc) is 2.53. The van der Waals surface area contributed by atoms with Crippen molar-refractivity contribution in [3.05, 3.63) is 46.4 Å². The first kappa shape index (κ1) is 16.5. The fourth-order valence-electron chi connectivity index (χ4n) is 2.01. The van der Waals surface area contributed by atoms with Crippen LogP contribution in [0.15, 0.2) is 40.9 Å². The Kier molecular flexibility index (Phi) is 5.51. The predicted molar refractivity (Wildman–Crippen MR) is 88.6 cm³/mol. The maximum absolute atomic E-state index is 10.4. The van der Waals surface area contributed by atoms with E-state index in [1.807, 2.05) is 12.1 Å². The van der Waals surface area contributed by atoms with Gasteiger partial charge in [-0.15, -0.1) is 0 Å². The summed E-state index contributed by atoms with van der Waals surface area (Å²) in [4.78, 5) is 0. The van der Waals surface area contributed by atoms with Crippen molar-refractivity contribution in [1.82, 2.24) is 0 Å². The van der Waals surface area contributed by atoms with E-state index >= 15 is 0 Å². The van der Waals surface area contributed by atoms with Gasteiger partial charge in [-0.25, -0.2) is 0 Å². The maximum Gasteiger partial charge on any atom is 0.142 e. The molecule has 2 rings (SSSR count). The van der Waals surface area contributed by atoms with Crippen LogP contribution in [0.3, 0.4) is 0 Å². The van der Waals surface area contributed by atoms with E-state index in [0.29, 0.717) is 28.5 Å². The van der Waals surface area contributed by atoms with Gasteiger partial charge in [0.25, 0.3) is 0 Å². The summed E-state index contributed by atoms with van der Waals surface area (Å²) in [5, 5.41) is 10.4. The number of aliphatic hydroxyl groups excluding tert-OH is 1. The highest BCUT2D eigenvalue weighted by atomic mass is 79.9. The summed E-state index contributed by atoms with van der Waals surface area (Å²) in [6.45, 7) is 0.0510. The lowest BCUT2D eigenvalue weighted by molar-refractivity contribution is 0.106. The normalized spacial score (nSPS) is 11.8. The van der Waals surface area contributed by atoms with Gasteiger partial charge in [0.2, 0.25) is 0 Å². The topological polar surface area (TPSA) is 73.9 Å². The minimum atomic E-state index is -0.878. The Bertz CT molecular complexity index is 648. The monoisotopic (exact) mass is 367 g/mol. The van der Waals surface area contributed by atoms with Crippen LogP contribution in [-0.2, 0) is 0 Å². The Morgan fingerprint density at radius 3 is 2.41 bits per heavy atom. The molecule has 0 heterocycles. The van der Waals surface area contributed by atoms with Crippen molar-refractivity contribution in [2.45, 2.75) is 6.10 Å². The molecular formula is C16H18BrNO4. The zero-order valence-corrected chi connectivity index (χ0v) is 14.0. The molecule has 0 radical (unpaired) electrons. The number of para-hydroxylation sites is 2. The first-order chi connectivity index (χ1) is 10.6. The van der Waals surface area contributed by atoms with Crippen LogP contribution in [0.2, 0.25) is 0 Å². The molecule has 0 aliphatic rings. The van der Waals surface area contributed by atoms with E-state index in [-0.39, 0.29) is 6.61 Å². The van der Waals surface area contributed by atoms with Gasteiger partial charge in [-0.3, -0.25) is 0 Å². The molecule has 0 spiro atoms. The molecule has 0 fully saturated rings. The molecule has 6 heteroatoms. The first-order valence-corrected chi connectivity index (χ1v) is 7.43. The molecule has 5 nitrogen and oxygen atoms in total. The second-order valence-corrected chi connectivity index (χ2v) is 5.45. The van der Waals surface area contributed by atoms with E-state index < -0.39 is 6.10 Å². The van der Waals surface area contributed by atoms with Gasteiger partial charge in [-0.05, 0) is 40.2 Å². The number of aliphatic hydroxyl groups is 1.